The number of H-pyrrole nitrogens is 1. The lowest BCUT2D eigenvalue weighted by molar-refractivity contribution is -0.000788. The average Bonchev–Trinajstić information content (AvgIpc) is 2.86. The van der Waals surface area contributed by atoms with Crippen molar-refractivity contribution in [3.05, 3.63) is 35.5 Å². The zero-order valence-corrected chi connectivity index (χ0v) is 13.9. The third-order valence-corrected chi connectivity index (χ3v) is 7.24. The Morgan fingerprint density at radius 1 is 1.14 bits per heavy atom. The van der Waals surface area contributed by atoms with Crippen molar-refractivity contribution in [2.45, 2.75) is 63.5 Å². The molecule has 116 valence electrons. The molecule has 1 aromatic carbocycles. The zero-order chi connectivity index (χ0) is 15.1. The average molecular weight is 294 g/mol. The molecule has 4 unspecified atom stereocenters. The standard InChI is InChI=1S/C20H26N2/c1-19(2)12-8-9-20(3)15(10-12)17(22-19)11-14-13-6-4-5-7-16(13)21-18(14)20/h4-7,12,15,17,21-22H,8-11H2,1-3H3. The van der Waals surface area contributed by atoms with Crippen molar-refractivity contribution in [1.29, 1.82) is 0 Å². The van der Waals surface area contributed by atoms with Crippen molar-refractivity contribution in [3.63, 3.8) is 0 Å². The van der Waals surface area contributed by atoms with Gasteiger partial charge in [-0.25, -0.2) is 0 Å². The first-order valence-electron chi connectivity index (χ1n) is 8.87. The van der Waals surface area contributed by atoms with Crippen molar-refractivity contribution in [1.82, 2.24) is 10.3 Å². The number of rotatable bonds is 0. The van der Waals surface area contributed by atoms with Crippen LogP contribution in [0.1, 0.15) is 51.3 Å². The summed E-state index contributed by atoms with van der Waals surface area (Å²) in [5, 5.41) is 5.48. The molecule has 1 aromatic heterocycles. The summed E-state index contributed by atoms with van der Waals surface area (Å²) >= 11 is 0. The van der Waals surface area contributed by atoms with Crippen molar-refractivity contribution in [2.24, 2.45) is 11.8 Å². The first kappa shape index (κ1) is 13.2. The molecule has 2 heteroatoms. The summed E-state index contributed by atoms with van der Waals surface area (Å²) in [5.74, 6) is 1.63. The third-order valence-electron chi connectivity index (χ3n) is 7.24. The van der Waals surface area contributed by atoms with Gasteiger partial charge >= 0.3 is 0 Å². The first-order chi connectivity index (χ1) is 10.5. The summed E-state index contributed by atoms with van der Waals surface area (Å²) in [7, 11) is 0. The Bertz CT molecular complexity index is 756. The number of hydrogen-bond donors (Lipinski definition) is 2. The second-order valence-electron chi connectivity index (χ2n) is 8.70. The number of aromatic nitrogens is 1. The highest BCUT2D eigenvalue weighted by Gasteiger charge is 2.55. The molecule has 2 aliphatic carbocycles. The predicted molar refractivity (Wildman–Crippen MR) is 91.2 cm³/mol. The maximum Gasteiger partial charge on any atom is 0.0459 e. The maximum atomic E-state index is 4.03. The molecular formula is C20H26N2. The Labute approximate surface area is 132 Å². The van der Waals surface area contributed by atoms with Crippen LogP contribution in [0, 0.1) is 11.8 Å². The molecule has 4 atom stereocenters. The quantitative estimate of drug-likeness (QED) is 0.750. The lowest BCUT2D eigenvalue weighted by Crippen LogP contribution is -2.66. The maximum absolute atomic E-state index is 4.03. The highest BCUT2D eigenvalue weighted by atomic mass is 15.0. The minimum atomic E-state index is 0.298. The minimum Gasteiger partial charge on any atom is -0.358 e. The van der Waals surface area contributed by atoms with E-state index in [1.165, 1.54) is 36.6 Å². The summed E-state index contributed by atoms with van der Waals surface area (Å²) < 4.78 is 0. The van der Waals surface area contributed by atoms with Crippen molar-refractivity contribution in [2.75, 3.05) is 0 Å². The molecule has 1 aliphatic heterocycles. The molecule has 2 fully saturated rings. The van der Waals surface area contributed by atoms with Gasteiger partial charge in [-0.05, 0) is 63.0 Å². The van der Waals surface area contributed by atoms with E-state index in [2.05, 4.69) is 55.3 Å². The van der Waals surface area contributed by atoms with E-state index < -0.39 is 0 Å². The van der Waals surface area contributed by atoms with Gasteiger partial charge in [0.1, 0.15) is 0 Å². The molecular weight excluding hydrogens is 268 g/mol. The highest BCUT2D eigenvalue weighted by molar-refractivity contribution is 5.85. The van der Waals surface area contributed by atoms with E-state index in [0.29, 0.717) is 17.0 Å². The summed E-state index contributed by atoms with van der Waals surface area (Å²) in [6, 6.07) is 9.51. The molecule has 2 heterocycles. The molecule has 2 nitrogen and oxygen atoms in total. The largest absolute Gasteiger partial charge is 0.358 e. The predicted octanol–water partition coefficient (Wildman–Crippen LogP) is 4.15. The summed E-state index contributed by atoms with van der Waals surface area (Å²) in [5.41, 5.74) is 5.09. The fourth-order valence-electron chi connectivity index (χ4n) is 5.93. The number of nitrogens with one attached hydrogen (secondary N) is 2. The molecule has 1 saturated carbocycles. The Balaban J connectivity index is 1.73. The number of fused-ring (bicyclic) bond motifs is 5. The Morgan fingerprint density at radius 3 is 2.82 bits per heavy atom. The van der Waals surface area contributed by atoms with Crippen LogP contribution in [0.15, 0.2) is 24.3 Å². The smallest absolute Gasteiger partial charge is 0.0459 e. The topological polar surface area (TPSA) is 27.8 Å². The van der Waals surface area contributed by atoms with E-state index in [9.17, 15) is 0 Å². The molecule has 0 radical (unpaired) electrons. The van der Waals surface area contributed by atoms with Crippen LogP contribution in [0.2, 0.25) is 0 Å². The van der Waals surface area contributed by atoms with Gasteiger partial charge in [0.05, 0.1) is 0 Å². The fourth-order valence-corrected chi connectivity index (χ4v) is 5.93. The summed E-state index contributed by atoms with van der Waals surface area (Å²) in [6.07, 6.45) is 5.28. The van der Waals surface area contributed by atoms with Crippen LogP contribution in [0.5, 0.6) is 0 Å². The van der Waals surface area contributed by atoms with Crippen LogP contribution in [-0.2, 0) is 11.8 Å². The van der Waals surface area contributed by atoms with E-state index in [0.717, 1.165) is 11.8 Å². The van der Waals surface area contributed by atoms with E-state index >= 15 is 0 Å². The normalized spacial score (nSPS) is 38.8. The Kier molecular flexibility index (Phi) is 2.38. The van der Waals surface area contributed by atoms with Crippen LogP contribution in [0.3, 0.4) is 0 Å². The van der Waals surface area contributed by atoms with Crippen LogP contribution >= 0.6 is 0 Å². The molecule has 0 spiro atoms. The molecule has 5 rings (SSSR count). The molecule has 2 bridgehead atoms. The van der Waals surface area contributed by atoms with Gasteiger partial charge in [0.25, 0.3) is 0 Å². The number of benzene rings is 1. The third kappa shape index (κ3) is 1.49. The van der Waals surface area contributed by atoms with Crippen molar-refractivity contribution < 1.29 is 0 Å². The van der Waals surface area contributed by atoms with Gasteiger partial charge in [-0.3, -0.25) is 0 Å². The van der Waals surface area contributed by atoms with Gasteiger partial charge in [-0.15, -0.1) is 0 Å². The molecule has 2 N–H and O–H groups in total. The van der Waals surface area contributed by atoms with Gasteiger partial charge in [-0.1, -0.05) is 25.1 Å². The fraction of sp³-hybridized carbons (Fsp3) is 0.600. The van der Waals surface area contributed by atoms with E-state index in [4.69, 9.17) is 0 Å². The second kappa shape index (κ2) is 3.97. The van der Waals surface area contributed by atoms with Crippen molar-refractivity contribution in [3.8, 4) is 0 Å². The van der Waals surface area contributed by atoms with E-state index in [1.807, 2.05) is 0 Å². The molecule has 22 heavy (non-hydrogen) atoms. The van der Waals surface area contributed by atoms with Gasteiger partial charge in [0.2, 0.25) is 0 Å². The van der Waals surface area contributed by atoms with Crippen LogP contribution in [-0.4, -0.2) is 16.6 Å². The number of hydrogen-bond acceptors (Lipinski definition) is 1. The number of para-hydroxylation sites is 1. The Morgan fingerprint density at radius 2 is 1.95 bits per heavy atom. The van der Waals surface area contributed by atoms with E-state index in [-0.39, 0.29) is 0 Å². The number of piperidine rings is 1. The molecule has 3 aliphatic rings. The van der Waals surface area contributed by atoms with Gasteiger partial charge < -0.3 is 10.3 Å². The van der Waals surface area contributed by atoms with Gasteiger partial charge in [0, 0.05) is 33.6 Å². The van der Waals surface area contributed by atoms with Gasteiger partial charge in [-0.2, -0.15) is 0 Å². The SMILES string of the molecule is CC1(C)NC2Cc3c([nH]c4ccccc34)C3(C)CCC1CC23. The van der Waals surface area contributed by atoms with Gasteiger partial charge in [0.15, 0.2) is 0 Å². The van der Waals surface area contributed by atoms with Crippen LogP contribution in [0.4, 0.5) is 0 Å². The Hall–Kier alpha value is -1.28. The summed E-state index contributed by atoms with van der Waals surface area (Å²) in [4.78, 5) is 3.81. The summed E-state index contributed by atoms with van der Waals surface area (Å²) in [6.45, 7) is 7.36. The highest BCUT2D eigenvalue weighted by Crippen LogP contribution is 2.56. The zero-order valence-electron chi connectivity index (χ0n) is 13.9. The first-order valence-corrected chi connectivity index (χ1v) is 8.87. The van der Waals surface area contributed by atoms with Crippen LogP contribution in [0.25, 0.3) is 10.9 Å². The lowest BCUT2D eigenvalue weighted by atomic mass is 9.52. The van der Waals surface area contributed by atoms with Crippen molar-refractivity contribution >= 4 is 10.9 Å². The lowest BCUT2D eigenvalue weighted by Gasteiger charge is -2.59. The number of aromatic amines is 1. The minimum absolute atomic E-state index is 0.298. The monoisotopic (exact) mass is 294 g/mol. The van der Waals surface area contributed by atoms with E-state index in [1.54, 1.807) is 11.3 Å². The second-order valence-corrected chi connectivity index (χ2v) is 8.70. The molecule has 1 saturated heterocycles. The van der Waals surface area contributed by atoms with Crippen LogP contribution < -0.4 is 5.32 Å². The molecule has 0 amide bonds. The molecule has 2 aromatic rings.